The van der Waals surface area contributed by atoms with Gasteiger partial charge in [-0.25, -0.2) is 4.39 Å². The van der Waals surface area contributed by atoms with Crippen LogP contribution in [0.15, 0.2) is 88.4 Å². The number of aromatic nitrogens is 1. The van der Waals surface area contributed by atoms with E-state index in [0.717, 1.165) is 38.3 Å². The van der Waals surface area contributed by atoms with Crippen LogP contribution in [0.4, 0.5) is 9.18 Å². The van der Waals surface area contributed by atoms with Crippen LogP contribution in [0.5, 0.6) is 0 Å². The van der Waals surface area contributed by atoms with Gasteiger partial charge in [-0.2, -0.15) is 0 Å². The highest BCUT2D eigenvalue weighted by molar-refractivity contribution is 9.10. The van der Waals surface area contributed by atoms with E-state index < -0.39 is 0 Å². The lowest BCUT2D eigenvalue weighted by Crippen LogP contribution is -2.27. The Morgan fingerprint density at radius 3 is 2.42 bits per heavy atom. The van der Waals surface area contributed by atoms with Crippen molar-refractivity contribution in [2.75, 3.05) is 0 Å². The van der Waals surface area contributed by atoms with Crippen molar-refractivity contribution in [2.24, 2.45) is 0 Å². The van der Waals surface area contributed by atoms with Crippen molar-refractivity contribution in [1.82, 2.24) is 9.47 Å². The summed E-state index contributed by atoms with van der Waals surface area (Å²) in [5.74, 6) is -0.565. The third-order valence-corrected chi connectivity index (χ3v) is 6.97. The Bertz CT molecular complexity index is 1410. The van der Waals surface area contributed by atoms with Crippen LogP contribution in [-0.4, -0.2) is 20.6 Å². The van der Waals surface area contributed by atoms with Gasteiger partial charge in [0.15, 0.2) is 0 Å². The maximum absolute atomic E-state index is 14.2. The van der Waals surface area contributed by atoms with Crippen LogP contribution in [0.25, 0.3) is 17.0 Å². The molecule has 1 aliphatic rings. The molecular weight excluding hydrogens is 503 g/mol. The molecule has 1 aromatic heterocycles. The predicted octanol–water partition coefficient (Wildman–Crippen LogP) is 6.83. The fraction of sp³-hybridized carbons (Fsp3) is 0.0769. The number of rotatable bonds is 5. The Kier molecular flexibility index (Phi) is 5.91. The molecular formula is C26H18BrFN2O2S. The van der Waals surface area contributed by atoms with E-state index in [-0.39, 0.29) is 23.5 Å². The monoisotopic (exact) mass is 520 g/mol. The van der Waals surface area contributed by atoms with Crippen LogP contribution in [0.3, 0.4) is 0 Å². The molecule has 1 fully saturated rings. The molecule has 4 nitrogen and oxygen atoms in total. The van der Waals surface area contributed by atoms with E-state index in [1.807, 2.05) is 65.4 Å². The first-order chi connectivity index (χ1) is 16.0. The normalized spacial score (nSPS) is 15.2. The van der Waals surface area contributed by atoms with Gasteiger partial charge in [-0.05, 0) is 47.7 Å². The Morgan fingerprint density at radius 2 is 1.64 bits per heavy atom. The molecule has 33 heavy (non-hydrogen) atoms. The maximum atomic E-state index is 14.2. The number of thioether (sulfide) groups is 1. The summed E-state index contributed by atoms with van der Waals surface area (Å²) in [6, 6.07) is 22.0. The third kappa shape index (κ3) is 4.38. The molecule has 0 radical (unpaired) electrons. The van der Waals surface area contributed by atoms with E-state index in [1.54, 1.807) is 18.2 Å². The van der Waals surface area contributed by atoms with E-state index in [4.69, 9.17) is 0 Å². The molecule has 7 heteroatoms. The number of nitrogens with zero attached hydrogens (tertiary/aromatic N) is 2. The van der Waals surface area contributed by atoms with Crippen molar-refractivity contribution in [3.63, 3.8) is 0 Å². The second-order valence-electron chi connectivity index (χ2n) is 7.72. The number of fused-ring (bicyclic) bond motifs is 1. The SMILES string of the molecule is O=C1S/C(=C\c2cn(Cc3ccccc3F)c3ccccc23)C(=O)N1Cc1ccc(Br)cc1. The zero-order valence-corrected chi connectivity index (χ0v) is 19.8. The van der Waals surface area contributed by atoms with Crippen molar-refractivity contribution >= 4 is 55.8 Å². The highest BCUT2D eigenvalue weighted by atomic mass is 79.9. The predicted molar refractivity (Wildman–Crippen MR) is 133 cm³/mol. The van der Waals surface area contributed by atoms with Crippen molar-refractivity contribution in [3.8, 4) is 0 Å². The van der Waals surface area contributed by atoms with Crippen LogP contribution in [-0.2, 0) is 17.9 Å². The van der Waals surface area contributed by atoms with Crippen LogP contribution >= 0.6 is 27.7 Å². The number of benzene rings is 3. The van der Waals surface area contributed by atoms with Crippen molar-refractivity contribution in [1.29, 1.82) is 0 Å². The highest BCUT2D eigenvalue weighted by Gasteiger charge is 2.35. The summed E-state index contributed by atoms with van der Waals surface area (Å²) in [5, 5.41) is 0.651. The summed E-state index contributed by atoms with van der Waals surface area (Å²) in [4.78, 5) is 27.2. The fourth-order valence-electron chi connectivity index (χ4n) is 3.88. The second kappa shape index (κ2) is 9.00. The number of carbonyl (C=O) groups is 2. The minimum Gasteiger partial charge on any atom is -0.342 e. The van der Waals surface area contributed by atoms with Gasteiger partial charge in [-0.1, -0.05) is 64.5 Å². The van der Waals surface area contributed by atoms with Gasteiger partial charge >= 0.3 is 0 Å². The van der Waals surface area contributed by atoms with Gasteiger partial charge in [-0.3, -0.25) is 14.5 Å². The molecule has 0 saturated carbocycles. The van der Waals surface area contributed by atoms with Crippen LogP contribution in [0.2, 0.25) is 0 Å². The van der Waals surface area contributed by atoms with E-state index >= 15 is 0 Å². The lowest BCUT2D eigenvalue weighted by atomic mass is 10.1. The quantitative estimate of drug-likeness (QED) is 0.271. The molecule has 2 heterocycles. The summed E-state index contributed by atoms with van der Waals surface area (Å²) in [6.07, 6.45) is 3.66. The fourth-order valence-corrected chi connectivity index (χ4v) is 4.97. The average Bonchev–Trinajstić information content (AvgIpc) is 3.29. The van der Waals surface area contributed by atoms with Crippen LogP contribution < -0.4 is 0 Å². The van der Waals surface area contributed by atoms with Gasteiger partial charge in [0.1, 0.15) is 5.82 Å². The minimum absolute atomic E-state index is 0.227. The van der Waals surface area contributed by atoms with Gasteiger partial charge in [0, 0.05) is 32.7 Å². The van der Waals surface area contributed by atoms with E-state index in [2.05, 4.69) is 15.9 Å². The van der Waals surface area contributed by atoms with Crippen LogP contribution in [0.1, 0.15) is 16.7 Å². The Hall–Kier alpha value is -3.16. The molecule has 2 amide bonds. The molecule has 1 aliphatic heterocycles. The van der Waals surface area contributed by atoms with E-state index in [1.165, 1.54) is 11.0 Å². The molecule has 4 aromatic rings. The van der Waals surface area contributed by atoms with E-state index in [9.17, 15) is 14.0 Å². The topological polar surface area (TPSA) is 42.3 Å². The zero-order valence-electron chi connectivity index (χ0n) is 17.4. The first-order valence-corrected chi connectivity index (χ1v) is 11.9. The number of para-hydroxylation sites is 1. The number of hydrogen-bond acceptors (Lipinski definition) is 3. The van der Waals surface area contributed by atoms with Crippen molar-refractivity contribution in [2.45, 2.75) is 13.1 Å². The van der Waals surface area contributed by atoms with Gasteiger partial charge < -0.3 is 4.57 Å². The number of halogens is 2. The molecule has 0 aliphatic carbocycles. The Balaban J connectivity index is 1.46. The average molecular weight is 521 g/mol. The zero-order chi connectivity index (χ0) is 22.9. The van der Waals surface area contributed by atoms with Gasteiger partial charge in [0.2, 0.25) is 0 Å². The highest BCUT2D eigenvalue weighted by Crippen LogP contribution is 2.35. The minimum atomic E-state index is -0.307. The number of amides is 2. The molecule has 0 N–H and O–H groups in total. The standard InChI is InChI=1S/C26H18BrFN2O2S/c27-20-11-9-17(10-12-20)14-30-25(31)24(33-26(30)32)13-19-16-29(23-8-4-2-6-21(19)23)15-18-5-1-3-7-22(18)28/h1-13,16H,14-15H2/b24-13-. The molecule has 1 saturated heterocycles. The molecule has 0 bridgehead atoms. The van der Waals surface area contributed by atoms with Crippen LogP contribution in [0, 0.1) is 5.82 Å². The molecule has 0 unspecified atom stereocenters. The van der Waals surface area contributed by atoms with Gasteiger partial charge in [-0.15, -0.1) is 0 Å². The third-order valence-electron chi connectivity index (χ3n) is 5.53. The molecule has 164 valence electrons. The summed E-state index contributed by atoms with van der Waals surface area (Å²) in [7, 11) is 0. The number of carbonyl (C=O) groups excluding carboxylic acids is 2. The summed E-state index contributed by atoms with van der Waals surface area (Å²) in [5.41, 5.74) is 3.21. The molecule has 0 spiro atoms. The number of imide groups is 1. The van der Waals surface area contributed by atoms with Crippen molar-refractivity contribution < 1.29 is 14.0 Å². The molecule has 5 rings (SSSR count). The number of hydrogen-bond donors (Lipinski definition) is 0. The summed E-state index contributed by atoms with van der Waals surface area (Å²) >= 11 is 4.33. The second-order valence-corrected chi connectivity index (χ2v) is 9.62. The molecule has 0 atom stereocenters. The summed E-state index contributed by atoms with van der Waals surface area (Å²) < 4.78 is 17.1. The Morgan fingerprint density at radius 1 is 0.909 bits per heavy atom. The largest absolute Gasteiger partial charge is 0.342 e. The lowest BCUT2D eigenvalue weighted by Gasteiger charge is -2.12. The smallest absolute Gasteiger partial charge is 0.293 e. The van der Waals surface area contributed by atoms with E-state index in [0.29, 0.717) is 17.0 Å². The van der Waals surface area contributed by atoms with Gasteiger partial charge in [0.25, 0.3) is 11.1 Å². The Labute approximate surface area is 202 Å². The molecule has 3 aromatic carbocycles. The first kappa shape index (κ1) is 21.7. The van der Waals surface area contributed by atoms with Crippen molar-refractivity contribution in [3.05, 3.63) is 111 Å². The first-order valence-electron chi connectivity index (χ1n) is 10.3. The summed E-state index contributed by atoms with van der Waals surface area (Å²) in [6.45, 7) is 0.594. The maximum Gasteiger partial charge on any atom is 0.293 e. The lowest BCUT2D eigenvalue weighted by molar-refractivity contribution is -0.123. The van der Waals surface area contributed by atoms with Gasteiger partial charge in [0.05, 0.1) is 18.0 Å².